The Hall–Kier alpha value is -2.23. The molecule has 0 saturated heterocycles. The number of nitrogens with one attached hydrogen (secondary N) is 1. The van der Waals surface area contributed by atoms with E-state index in [-0.39, 0.29) is 23.5 Å². The number of sulfonamides is 1. The van der Waals surface area contributed by atoms with Gasteiger partial charge < -0.3 is 15.3 Å². The van der Waals surface area contributed by atoms with Crippen molar-refractivity contribution in [1.29, 1.82) is 0 Å². The number of hydrogen-bond donors (Lipinski definition) is 3. The van der Waals surface area contributed by atoms with Crippen LogP contribution in [-0.2, 0) is 23.0 Å². The van der Waals surface area contributed by atoms with Crippen molar-refractivity contribution in [1.82, 2.24) is 9.97 Å². The van der Waals surface area contributed by atoms with E-state index in [1.54, 1.807) is 12.1 Å². The van der Waals surface area contributed by atoms with Gasteiger partial charge in [0.1, 0.15) is 5.82 Å². The largest absolute Gasteiger partial charge is 0.394 e. The van der Waals surface area contributed by atoms with Crippen LogP contribution in [0.15, 0.2) is 29.2 Å². The summed E-state index contributed by atoms with van der Waals surface area (Å²) >= 11 is 0. The van der Waals surface area contributed by atoms with Crippen LogP contribution in [0.4, 0.5) is 11.8 Å². The molecule has 3 rings (SSSR count). The van der Waals surface area contributed by atoms with Gasteiger partial charge in [-0.15, -0.1) is 0 Å². The minimum absolute atomic E-state index is 0.00225. The number of primary sulfonamides is 1. The van der Waals surface area contributed by atoms with Crippen molar-refractivity contribution in [2.75, 3.05) is 23.4 Å². The molecule has 2 heterocycles. The van der Waals surface area contributed by atoms with Gasteiger partial charge in [-0.25, -0.2) is 18.5 Å². The van der Waals surface area contributed by atoms with Gasteiger partial charge in [0.2, 0.25) is 16.0 Å². The topological polar surface area (TPSA) is 121 Å². The molecule has 0 bridgehead atoms. The number of anilines is 2. The number of nitrogens with zero attached hydrogens (tertiary/aromatic N) is 3. The number of aliphatic hydroxyl groups is 1. The molecule has 0 fully saturated rings. The Morgan fingerprint density at radius 3 is 2.64 bits per heavy atom. The molecule has 1 aliphatic rings. The van der Waals surface area contributed by atoms with Gasteiger partial charge in [-0.1, -0.05) is 19.9 Å². The average molecular weight is 406 g/mol. The average Bonchev–Trinajstić information content (AvgIpc) is 2.63. The fourth-order valence-corrected chi connectivity index (χ4v) is 3.84. The Morgan fingerprint density at radius 2 is 2.00 bits per heavy atom. The highest BCUT2D eigenvalue weighted by Crippen LogP contribution is 2.26. The zero-order valence-corrected chi connectivity index (χ0v) is 17.2. The minimum atomic E-state index is -3.73. The number of hydrogen-bond acceptors (Lipinski definition) is 7. The fourth-order valence-electron chi connectivity index (χ4n) is 3.27. The molecule has 152 valence electrons. The zero-order chi connectivity index (χ0) is 20.5. The number of benzene rings is 1. The molecule has 2 aromatic rings. The third-order valence-electron chi connectivity index (χ3n) is 5.00. The van der Waals surface area contributed by atoms with Gasteiger partial charge in [0.05, 0.1) is 17.5 Å². The smallest absolute Gasteiger partial charge is 0.238 e. The standard InChI is InChI=1S/C19H27N5O3S/c1-12(2)17(11-25)22-19-21-13(3)8-18(23-19)24-7-6-14-4-5-16(28(20,26)27)9-15(14)10-24/h4-5,8-9,12,17,25H,6-7,10-11H2,1-3H3,(H2,20,26,27)(H,21,22,23)/t17-/m0/s1. The molecule has 0 aliphatic carbocycles. The van der Waals surface area contributed by atoms with Crippen LogP contribution in [-0.4, -0.2) is 42.7 Å². The minimum Gasteiger partial charge on any atom is -0.394 e. The maximum atomic E-state index is 11.7. The lowest BCUT2D eigenvalue weighted by molar-refractivity contribution is 0.248. The Kier molecular flexibility index (Phi) is 5.87. The van der Waals surface area contributed by atoms with Gasteiger partial charge in [-0.2, -0.15) is 4.98 Å². The first-order valence-electron chi connectivity index (χ1n) is 9.30. The lowest BCUT2D eigenvalue weighted by Crippen LogP contribution is -2.33. The molecule has 1 aromatic heterocycles. The third-order valence-corrected chi connectivity index (χ3v) is 5.91. The van der Waals surface area contributed by atoms with E-state index in [2.05, 4.69) is 20.2 Å². The zero-order valence-electron chi connectivity index (χ0n) is 16.4. The van der Waals surface area contributed by atoms with E-state index in [1.807, 2.05) is 32.9 Å². The lowest BCUT2D eigenvalue weighted by Gasteiger charge is -2.30. The van der Waals surface area contributed by atoms with Crippen molar-refractivity contribution in [3.63, 3.8) is 0 Å². The van der Waals surface area contributed by atoms with Gasteiger partial charge in [0.15, 0.2) is 0 Å². The van der Waals surface area contributed by atoms with E-state index < -0.39 is 10.0 Å². The van der Waals surface area contributed by atoms with Crippen LogP contribution in [0.25, 0.3) is 0 Å². The van der Waals surface area contributed by atoms with Gasteiger partial charge in [0, 0.05) is 24.8 Å². The number of rotatable bonds is 6. The summed E-state index contributed by atoms with van der Waals surface area (Å²) in [6.45, 7) is 7.26. The predicted molar refractivity (Wildman–Crippen MR) is 109 cm³/mol. The summed E-state index contributed by atoms with van der Waals surface area (Å²) < 4.78 is 23.3. The summed E-state index contributed by atoms with van der Waals surface area (Å²) in [5, 5.41) is 18.0. The summed E-state index contributed by atoms with van der Waals surface area (Å²) in [5.41, 5.74) is 2.86. The molecule has 28 heavy (non-hydrogen) atoms. The predicted octanol–water partition coefficient (Wildman–Crippen LogP) is 1.42. The number of aryl methyl sites for hydroxylation is 1. The molecule has 0 radical (unpaired) electrons. The number of aromatic nitrogens is 2. The normalized spacial score (nSPS) is 15.4. The molecule has 0 saturated carbocycles. The molecule has 0 unspecified atom stereocenters. The number of aliphatic hydroxyl groups excluding tert-OH is 1. The van der Waals surface area contributed by atoms with Crippen molar-refractivity contribution in [3.8, 4) is 0 Å². The summed E-state index contributed by atoms with van der Waals surface area (Å²) in [5.74, 6) is 1.48. The molecule has 1 aromatic carbocycles. The molecule has 1 aliphatic heterocycles. The van der Waals surface area contributed by atoms with Gasteiger partial charge >= 0.3 is 0 Å². The summed E-state index contributed by atoms with van der Waals surface area (Å²) in [6, 6.07) is 6.81. The SMILES string of the molecule is Cc1cc(N2CCc3ccc(S(N)(=O)=O)cc3C2)nc(N[C@@H](CO)C(C)C)n1. The Bertz CT molecular complexity index is 962. The Labute approximate surface area is 165 Å². The molecule has 0 amide bonds. The summed E-state index contributed by atoms with van der Waals surface area (Å²) in [4.78, 5) is 11.3. The maximum Gasteiger partial charge on any atom is 0.238 e. The molecular weight excluding hydrogens is 378 g/mol. The molecule has 4 N–H and O–H groups in total. The highest BCUT2D eigenvalue weighted by atomic mass is 32.2. The van der Waals surface area contributed by atoms with Crippen molar-refractivity contribution in [2.45, 2.75) is 44.7 Å². The van der Waals surface area contributed by atoms with Crippen LogP contribution in [0.5, 0.6) is 0 Å². The van der Waals surface area contributed by atoms with Gasteiger partial charge in [-0.3, -0.25) is 0 Å². The highest BCUT2D eigenvalue weighted by molar-refractivity contribution is 7.89. The first kappa shape index (κ1) is 20.5. The van der Waals surface area contributed by atoms with Crippen LogP contribution in [0.3, 0.4) is 0 Å². The van der Waals surface area contributed by atoms with Gasteiger partial charge in [-0.05, 0) is 42.5 Å². The first-order chi connectivity index (χ1) is 13.2. The Balaban J connectivity index is 1.87. The van der Waals surface area contributed by atoms with E-state index in [0.29, 0.717) is 12.5 Å². The number of fused-ring (bicyclic) bond motifs is 1. The Morgan fingerprint density at radius 1 is 1.25 bits per heavy atom. The van der Waals surface area contributed by atoms with E-state index in [9.17, 15) is 13.5 Å². The second-order valence-corrected chi connectivity index (χ2v) is 9.08. The van der Waals surface area contributed by atoms with Crippen molar-refractivity contribution >= 4 is 21.8 Å². The molecular formula is C19H27N5O3S. The fraction of sp³-hybridized carbons (Fsp3) is 0.474. The summed E-state index contributed by atoms with van der Waals surface area (Å²) in [6.07, 6.45) is 0.789. The highest BCUT2D eigenvalue weighted by Gasteiger charge is 2.21. The summed E-state index contributed by atoms with van der Waals surface area (Å²) in [7, 11) is -3.73. The molecule has 8 nitrogen and oxygen atoms in total. The van der Waals surface area contributed by atoms with E-state index in [0.717, 1.165) is 35.6 Å². The van der Waals surface area contributed by atoms with Crippen LogP contribution in [0.1, 0.15) is 30.7 Å². The van der Waals surface area contributed by atoms with E-state index >= 15 is 0 Å². The van der Waals surface area contributed by atoms with Crippen LogP contribution >= 0.6 is 0 Å². The van der Waals surface area contributed by atoms with Crippen molar-refractivity contribution < 1.29 is 13.5 Å². The van der Waals surface area contributed by atoms with Crippen LogP contribution in [0, 0.1) is 12.8 Å². The first-order valence-corrected chi connectivity index (χ1v) is 10.8. The third kappa shape index (κ3) is 4.60. The number of nitrogens with two attached hydrogens (primary N) is 1. The second kappa shape index (κ2) is 8.02. The van der Waals surface area contributed by atoms with E-state index in [4.69, 9.17) is 5.14 Å². The van der Waals surface area contributed by atoms with Crippen LogP contribution in [0.2, 0.25) is 0 Å². The van der Waals surface area contributed by atoms with Gasteiger partial charge in [0.25, 0.3) is 0 Å². The van der Waals surface area contributed by atoms with Crippen molar-refractivity contribution in [2.24, 2.45) is 11.1 Å². The quantitative estimate of drug-likeness (QED) is 0.664. The molecule has 1 atom stereocenters. The monoisotopic (exact) mass is 405 g/mol. The van der Waals surface area contributed by atoms with Crippen LogP contribution < -0.4 is 15.4 Å². The lowest BCUT2D eigenvalue weighted by atomic mass is 10.00. The maximum absolute atomic E-state index is 11.7. The molecule has 0 spiro atoms. The molecule has 9 heteroatoms. The van der Waals surface area contributed by atoms with E-state index in [1.165, 1.54) is 0 Å². The second-order valence-electron chi connectivity index (χ2n) is 7.52. The van der Waals surface area contributed by atoms with Crippen molar-refractivity contribution in [3.05, 3.63) is 41.1 Å².